The van der Waals surface area contributed by atoms with Crippen LogP contribution in [0.15, 0.2) is 96.2 Å². The predicted octanol–water partition coefficient (Wildman–Crippen LogP) is 7.63. The Bertz CT molecular complexity index is 1730. The number of oxime groups is 1. The van der Waals surface area contributed by atoms with Gasteiger partial charge in [0.15, 0.2) is 0 Å². The summed E-state index contributed by atoms with van der Waals surface area (Å²) >= 11 is 0. The van der Waals surface area contributed by atoms with E-state index in [1.165, 1.54) is 11.6 Å². The van der Waals surface area contributed by atoms with Crippen LogP contribution in [0.1, 0.15) is 54.7 Å². The molecule has 196 valence electrons. The molecule has 0 atom stereocenters. The Labute approximate surface area is 226 Å². The summed E-state index contributed by atoms with van der Waals surface area (Å²) < 4.78 is 2.13. The van der Waals surface area contributed by atoms with Gasteiger partial charge in [0.05, 0.1) is 10.5 Å². The standard InChI is InChI=1S/C32H29N3O4/c1-5-34-28-17-13-23(19-26(28)27-20-25(35(37)38)16-18-29(27)34)30(21-11-14-24(15-12-21)32(2,3)4)33-39-31(36)22-9-7-6-8-10-22/h6-20H,5H2,1-4H3/b33-30+. The molecule has 0 spiro atoms. The van der Waals surface area contributed by atoms with Gasteiger partial charge in [-0.1, -0.05) is 74.5 Å². The molecule has 39 heavy (non-hydrogen) atoms. The largest absolute Gasteiger partial charge is 0.365 e. The summed E-state index contributed by atoms with van der Waals surface area (Å²) in [6.45, 7) is 9.20. The van der Waals surface area contributed by atoms with E-state index in [0.717, 1.165) is 32.9 Å². The van der Waals surface area contributed by atoms with E-state index in [4.69, 9.17) is 4.84 Å². The van der Waals surface area contributed by atoms with Crippen molar-refractivity contribution in [3.05, 3.63) is 123 Å². The zero-order valence-corrected chi connectivity index (χ0v) is 22.3. The minimum Gasteiger partial charge on any atom is -0.341 e. The first-order valence-corrected chi connectivity index (χ1v) is 12.8. The van der Waals surface area contributed by atoms with Gasteiger partial charge in [0.25, 0.3) is 5.69 Å². The molecule has 4 aromatic carbocycles. The lowest BCUT2D eigenvalue weighted by Gasteiger charge is -2.19. The summed E-state index contributed by atoms with van der Waals surface area (Å²) in [6, 6.07) is 27.6. The van der Waals surface area contributed by atoms with Gasteiger partial charge in [-0.15, -0.1) is 0 Å². The number of hydrogen-bond donors (Lipinski definition) is 0. The summed E-state index contributed by atoms with van der Waals surface area (Å²) in [7, 11) is 0. The molecule has 0 bridgehead atoms. The molecule has 1 aromatic heterocycles. The third-order valence-electron chi connectivity index (χ3n) is 6.90. The third kappa shape index (κ3) is 5.03. The molecule has 7 heteroatoms. The zero-order chi connectivity index (χ0) is 27.7. The van der Waals surface area contributed by atoms with E-state index in [1.807, 2.05) is 43.3 Å². The van der Waals surface area contributed by atoms with E-state index in [1.54, 1.807) is 36.4 Å². The third-order valence-corrected chi connectivity index (χ3v) is 6.90. The molecular weight excluding hydrogens is 490 g/mol. The van der Waals surface area contributed by atoms with Gasteiger partial charge < -0.3 is 9.40 Å². The van der Waals surface area contributed by atoms with Crippen molar-refractivity contribution in [3.63, 3.8) is 0 Å². The van der Waals surface area contributed by atoms with Crippen LogP contribution in [0.25, 0.3) is 21.8 Å². The van der Waals surface area contributed by atoms with Crippen LogP contribution in [0.2, 0.25) is 0 Å². The maximum atomic E-state index is 12.7. The normalized spacial score (nSPS) is 12.2. The first-order chi connectivity index (χ1) is 18.7. The minimum absolute atomic E-state index is 0.0226. The topological polar surface area (TPSA) is 86.7 Å². The quantitative estimate of drug-likeness (QED) is 0.0999. The second kappa shape index (κ2) is 10.2. The fourth-order valence-corrected chi connectivity index (χ4v) is 4.81. The molecule has 0 amide bonds. The van der Waals surface area contributed by atoms with E-state index in [-0.39, 0.29) is 16.0 Å². The number of hydrogen-bond acceptors (Lipinski definition) is 5. The van der Waals surface area contributed by atoms with Crippen LogP contribution in [-0.2, 0) is 16.8 Å². The number of nitrogens with zero attached hydrogens (tertiary/aromatic N) is 3. The molecule has 1 heterocycles. The number of benzene rings is 4. The monoisotopic (exact) mass is 519 g/mol. The molecule has 0 saturated carbocycles. The van der Waals surface area contributed by atoms with Crippen LogP contribution in [0.5, 0.6) is 0 Å². The highest BCUT2D eigenvalue weighted by atomic mass is 16.7. The SMILES string of the molecule is CCn1c2ccc(/C(=N/OC(=O)c3ccccc3)c3ccc(C(C)(C)C)cc3)cc2c2cc([N+](=O)[O-])ccc21. The van der Waals surface area contributed by atoms with Gasteiger partial charge in [-0.3, -0.25) is 10.1 Å². The first kappa shape index (κ1) is 25.9. The average Bonchev–Trinajstić information content (AvgIpc) is 3.25. The molecular formula is C32H29N3O4. The Kier molecular flexibility index (Phi) is 6.74. The number of nitro benzene ring substituents is 1. The van der Waals surface area contributed by atoms with Crippen molar-refractivity contribution in [1.29, 1.82) is 0 Å². The fourth-order valence-electron chi connectivity index (χ4n) is 4.81. The lowest BCUT2D eigenvalue weighted by molar-refractivity contribution is -0.384. The Morgan fingerprint density at radius 2 is 1.46 bits per heavy atom. The molecule has 0 aliphatic carbocycles. The van der Waals surface area contributed by atoms with Crippen LogP contribution < -0.4 is 0 Å². The van der Waals surface area contributed by atoms with Gasteiger partial charge in [-0.05, 0) is 48.2 Å². The van der Waals surface area contributed by atoms with E-state index in [2.05, 4.69) is 42.6 Å². The Morgan fingerprint density at radius 3 is 2.08 bits per heavy atom. The predicted molar refractivity (Wildman–Crippen MR) is 154 cm³/mol. The zero-order valence-electron chi connectivity index (χ0n) is 22.3. The lowest BCUT2D eigenvalue weighted by atomic mass is 9.86. The van der Waals surface area contributed by atoms with Gasteiger partial charge in [0.2, 0.25) is 0 Å². The lowest BCUT2D eigenvalue weighted by Crippen LogP contribution is -2.12. The minimum atomic E-state index is -0.557. The Morgan fingerprint density at radius 1 is 0.846 bits per heavy atom. The number of carbonyl (C=O) groups is 1. The van der Waals surface area contributed by atoms with Gasteiger partial charge >= 0.3 is 5.97 Å². The van der Waals surface area contributed by atoms with Crippen LogP contribution in [0.3, 0.4) is 0 Å². The number of nitro groups is 1. The van der Waals surface area contributed by atoms with Crippen LogP contribution in [-0.4, -0.2) is 21.2 Å². The fraction of sp³-hybridized carbons (Fsp3) is 0.188. The number of non-ortho nitro benzene ring substituents is 1. The summed E-state index contributed by atoms with van der Waals surface area (Å²) in [5, 5.41) is 17.5. The van der Waals surface area contributed by atoms with E-state index in [0.29, 0.717) is 17.8 Å². The molecule has 7 nitrogen and oxygen atoms in total. The van der Waals surface area contributed by atoms with E-state index < -0.39 is 5.97 Å². The maximum absolute atomic E-state index is 12.7. The van der Waals surface area contributed by atoms with Gasteiger partial charge in [0.1, 0.15) is 5.71 Å². The van der Waals surface area contributed by atoms with Crippen molar-refractivity contribution in [2.45, 2.75) is 39.7 Å². The highest BCUT2D eigenvalue weighted by molar-refractivity contribution is 6.17. The number of fused-ring (bicyclic) bond motifs is 3. The Balaban J connectivity index is 1.67. The van der Waals surface area contributed by atoms with Crippen molar-refractivity contribution in [1.82, 2.24) is 4.57 Å². The van der Waals surface area contributed by atoms with Crippen LogP contribution in [0, 0.1) is 10.1 Å². The summed E-state index contributed by atoms with van der Waals surface area (Å²) in [4.78, 5) is 29.3. The molecule has 0 fully saturated rings. The Hall–Kier alpha value is -4.78. The van der Waals surface area contributed by atoms with Crippen molar-refractivity contribution in [3.8, 4) is 0 Å². The van der Waals surface area contributed by atoms with Crippen molar-refractivity contribution >= 4 is 39.2 Å². The van der Waals surface area contributed by atoms with E-state index >= 15 is 0 Å². The highest BCUT2D eigenvalue weighted by Crippen LogP contribution is 2.33. The summed E-state index contributed by atoms with van der Waals surface area (Å²) in [5.41, 5.74) is 5.46. The van der Waals surface area contributed by atoms with Crippen molar-refractivity contribution < 1.29 is 14.6 Å². The first-order valence-electron chi connectivity index (χ1n) is 12.8. The van der Waals surface area contributed by atoms with Gasteiger partial charge in [0, 0.05) is 51.6 Å². The summed E-state index contributed by atoms with van der Waals surface area (Å²) in [6.07, 6.45) is 0. The highest BCUT2D eigenvalue weighted by Gasteiger charge is 2.19. The smallest absolute Gasteiger partial charge is 0.341 e. The summed E-state index contributed by atoms with van der Waals surface area (Å²) in [5.74, 6) is -0.557. The molecule has 0 aliphatic heterocycles. The number of carbonyl (C=O) groups excluding carboxylic acids is 1. The van der Waals surface area contributed by atoms with Crippen molar-refractivity contribution in [2.24, 2.45) is 5.16 Å². The number of rotatable bonds is 6. The second-order valence-electron chi connectivity index (χ2n) is 10.4. The van der Waals surface area contributed by atoms with Gasteiger partial charge in [-0.25, -0.2) is 4.79 Å². The van der Waals surface area contributed by atoms with E-state index in [9.17, 15) is 14.9 Å². The van der Waals surface area contributed by atoms with Crippen LogP contribution in [0.4, 0.5) is 5.69 Å². The number of aromatic nitrogens is 1. The van der Waals surface area contributed by atoms with Crippen LogP contribution >= 0.6 is 0 Å². The second-order valence-corrected chi connectivity index (χ2v) is 10.4. The molecule has 0 radical (unpaired) electrons. The molecule has 0 unspecified atom stereocenters. The molecule has 0 saturated heterocycles. The number of aryl methyl sites for hydroxylation is 1. The molecule has 5 aromatic rings. The molecule has 0 N–H and O–H groups in total. The molecule has 0 aliphatic rings. The maximum Gasteiger partial charge on any atom is 0.365 e. The molecule has 5 rings (SSSR count). The average molecular weight is 520 g/mol. The van der Waals surface area contributed by atoms with Crippen molar-refractivity contribution in [2.75, 3.05) is 0 Å². The van der Waals surface area contributed by atoms with Gasteiger partial charge in [-0.2, -0.15) is 0 Å².